The van der Waals surface area contributed by atoms with E-state index in [0.717, 1.165) is 25.7 Å². The van der Waals surface area contributed by atoms with Crippen LogP contribution in [0.2, 0.25) is 0 Å². The highest BCUT2D eigenvalue weighted by Gasteiger charge is 2.55. The zero-order valence-electron chi connectivity index (χ0n) is 12.2. The smallest absolute Gasteiger partial charge is 0.0673 e. The van der Waals surface area contributed by atoms with Gasteiger partial charge in [0.2, 0.25) is 0 Å². The molecule has 2 heterocycles. The average molecular weight is 275 g/mol. The van der Waals surface area contributed by atoms with Crippen molar-refractivity contribution in [2.75, 3.05) is 6.54 Å². The van der Waals surface area contributed by atoms with Crippen molar-refractivity contribution in [3.63, 3.8) is 0 Å². The lowest BCUT2D eigenvalue weighted by molar-refractivity contribution is -0.0309. The Labute approximate surface area is 121 Å². The molecule has 0 aromatic heterocycles. The van der Waals surface area contributed by atoms with Crippen LogP contribution in [0.5, 0.6) is 0 Å². The summed E-state index contributed by atoms with van der Waals surface area (Å²) in [6.45, 7) is 2.70. The number of aliphatic hydroxyl groups excluding tert-OH is 1. The summed E-state index contributed by atoms with van der Waals surface area (Å²) in [7, 11) is 0. The van der Waals surface area contributed by atoms with E-state index in [4.69, 9.17) is 10.5 Å². The highest BCUT2D eigenvalue weighted by atomic mass is 16.5. The molecule has 1 aromatic carbocycles. The van der Waals surface area contributed by atoms with Gasteiger partial charge < -0.3 is 15.6 Å². The Morgan fingerprint density at radius 2 is 2.10 bits per heavy atom. The van der Waals surface area contributed by atoms with Gasteiger partial charge in [-0.2, -0.15) is 0 Å². The number of hydrogen-bond donors (Lipinski definition) is 2. The molecule has 0 amide bonds. The van der Waals surface area contributed by atoms with E-state index < -0.39 is 0 Å². The minimum absolute atomic E-state index is 0.162. The van der Waals surface area contributed by atoms with Gasteiger partial charge in [0, 0.05) is 12.0 Å². The molecule has 0 saturated carbocycles. The van der Waals surface area contributed by atoms with Crippen LogP contribution < -0.4 is 5.73 Å². The fraction of sp³-hybridized carbons (Fsp3) is 0.647. The molecule has 3 nitrogen and oxygen atoms in total. The first-order chi connectivity index (χ1) is 9.65. The summed E-state index contributed by atoms with van der Waals surface area (Å²) in [4.78, 5) is 0. The summed E-state index contributed by atoms with van der Waals surface area (Å²) in [6.07, 6.45) is 3.98. The first-order valence-corrected chi connectivity index (χ1v) is 7.74. The second kappa shape index (κ2) is 5.47. The van der Waals surface area contributed by atoms with E-state index in [1.807, 2.05) is 6.07 Å². The molecule has 5 atom stereocenters. The van der Waals surface area contributed by atoms with Crippen molar-refractivity contribution in [3.05, 3.63) is 35.9 Å². The number of rotatable bonds is 5. The second-order valence-corrected chi connectivity index (χ2v) is 6.53. The van der Waals surface area contributed by atoms with E-state index in [0.29, 0.717) is 18.6 Å². The van der Waals surface area contributed by atoms with Crippen LogP contribution in [0.3, 0.4) is 0 Å². The first kappa shape index (κ1) is 14.1. The van der Waals surface area contributed by atoms with Crippen LogP contribution in [0, 0.1) is 5.41 Å². The average Bonchev–Trinajstić information content (AvgIpc) is 3.09. The van der Waals surface area contributed by atoms with Crippen LogP contribution >= 0.6 is 0 Å². The fourth-order valence-electron chi connectivity index (χ4n) is 4.02. The van der Waals surface area contributed by atoms with Crippen molar-refractivity contribution < 1.29 is 9.84 Å². The number of nitrogens with two attached hydrogens (primary N) is 1. The molecule has 20 heavy (non-hydrogen) atoms. The minimum Gasteiger partial charge on any atom is -0.392 e. The van der Waals surface area contributed by atoms with Gasteiger partial charge in [0.15, 0.2) is 0 Å². The zero-order chi connectivity index (χ0) is 14.2. The molecule has 0 aliphatic carbocycles. The summed E-state index contributed by atoms with van der Waals surface area (Å²) in [5, 5.41) is 10.8. The van der Waals surface area contributed by atoms with Gasteiger partial charge in [-0.25, -0.2) is 0 Å². The fourth-order valence-corrected chi connectivity index (χ4v) is 4.02. The number of fused-ring (bicyclic) bond motifs is 2. The second-order valence-electron chi connectivity index (χ2n) is 6.53. The quantitative estimate of drug-likeness (QED) is 0.868. The summed E-state index contributed by atoms with van der Waals surface area (Å²) in [6, 6.07) is 10.4. The SMILES string of the molecule is CC(CC(O)C1(CN)CC2CCC1O2)c1ccccc1. The van der Waals surface area contributed by atoms with Crippen molar-refractivity contribution in [2.24, 2.45) is 11.1 Å². The van der Waals surface area contributed by atoms with Crippen LogP contribution in [0.1, 0.15) is 44.1 Å². The zero-order valence-corrected chi connectivity index (χ0v) is 12.2. The predicted molar refractivity (Wildman–Crippen MR) is 79.5 cm³/mol. The third-order valence-electron chi connectivity index (χ3n) is 5.35. The molecule has 5 unspecified atom stereocenters. The molecule has 0 spiro atoms. The van der Waals surface area contributed by atoms with Gasteiger partial charge in [-0.1, -0.05) is 37.3 Å². The molecule has 3 heteroatoms. The maximum atomic E-state index is 10.8. The van der Waals surface area contributed by atoms with E-state index in [2.05, 4.69) is 31.2 Å². The molecule has 0 radical (unpaired) electrons. The molecule has 2 aliphatic heterocycles. The van der Waals surface area contributed by atoms with Crippen LogP contribution in [0.25, 0.3) is 0 Å². The van der Waals surface area contributed by atoms with E-state index in [9.17, 15) is 5.11 Å². The lowest BCUT2D eigenvalue weighted by atomic mass is 9.68. The van der Waals surface area contributed by atoms with Crippen molar-refractivity contribution in [3.8, 4) is 0 Å². The van der Waals surface area contributed by atoms with E-state index >= 15 is 0 Å². The van der Waals surface area contributed by atoms with Gasteiger partial charge in [0.1, 0.15) is 0 Å². The van der Waals surface area contributed by atoms with Gasteiger partial charge in [-0.05, 0) is 37.2 Å². The summed E-state index contributed by atoms with van der Waals surface area (Å²) in [5.74, 6) is 0.341. The van der Waals surface area contributed by atoms with E-state index in [-0.39, 0.29) is 17.6 Å². The summed E-state index contributed by atoms with van der Waals surface area (Å²) >= 11 is 0. The van der Waals surface area contributed by atoms with Crippen LogP contribution in [0.15, 0.2) is 30.3 Å². The molecule has 3 N–H and O–H groups in total. The van der Waals surface area contributed by atoms with Crippen LogP contribution in [-0.4, -0.2) is 30.0 Å². The Hall–Kier alpha value is -0.900. The molecule has 2 bridgehead atoms. The van der Waals surface area contributed by atoms with Gasteiger partial charge in [0.05, 0.1) is 18.3 Å². The lowest BCUT2D eigenvalue weighted by Crippen LogP contribution is -2.49. The monoisotopic (exact) mass is 275 g/mol. The molecule has 1 aromatic rings. The van der Waals surface area contributed by atoms with Crippen molar-refractivity contribution >= 4 is 0 Å². The number of benzene rings is 1. The van der Waals surface area contributed by atoms with Crippen LogP contribution in [-0.2, 0) is 4.74 Å². The molecule has 110 valence electrons. The predicted octanol–water partition coefficient (Wildman–Crippen LogP) is 2.44. The third kappa shape index (κ3) is 2.28. The van der Waals surface area contributed by atoms with E-state index in [1.165, 1.54) is 5.56 Å². The summed E-state index contributed by atoms with van der Waals surface area (Å²) < 4.78 is 5.95. The molecule has 2 fully saturated rings. The Morgan fingerprint density at radius 1 is 1.35 bits per heavy atom. The molecule has 2 saturated heterocycles. The molecule has 3 rings (SSSR count). The van der Waals surface area contributed by atoms with Crippen LogP contribution in [0.4, 0.5) is 0 Å². The third-order valence-corrected chi connectivity index (χ3v) is 5.35. The molecule has 2 aliphatic rings. The Morgan fingerprint density at radius 3 is 2.65 bits per heavy atom. The lowest BCUT2D eigenvalue weighted by Gasteiger charge is -2.39. The molecular weight excluding hydrogens is 250 g/mol. The number of ether oxygens (including phenoxy) is 1. The maximum absolute atomic E-state index is 10.8. The van der Waals surface area contributed by atoms with Gasteiger partial charge in [-0.3, -0.25) is 0 Å². The highest BCUT2D eigenvalue weighted by Crippen LogP contribution is 2.50. The number of hydrogen-bond acceptors (Lipinski definition) is 3. The number of aliphatic hydroxyl groups is 1. The summed E-state index contributed by atoms with van der Waals surface area (Å²) in [5.41, 5.74) is 7.09. The topological polar surface area (TPSA) is 55.5 Å². The van der Waals surface area contributed by atoms with Gasteiger partial charge in [0.25, 0.3) is 0 Å². The molecular formula is C17H25NO2. The maximum Gasteiger partial charge on any atom is 0.0673 e. The Balaban J connectivity index is 1.71. The normalized spacial score (nSPS) is 35.1. The minimum atomic E-state index is -0.377. The Bertz CT molecular complexity index is 450. The van der Waals surface area contributed by atoms with Crippen molar-refractivity contribution in [1.82, 2.24) is 0 Å². The van der Waals surface area contributed by atoms with E-state index in [1.54, 1.807) is 0 Å². The van der Waals surface area contributed by atoms with Crippen molar-refractivity contribution in [1.29, 1.82) is 0 Å². The standard InChI is InChI=1S/C17H25NO2/c1-12(13-5-3-2-4-6-13)9-15(19)17(11-18)10-14-7-8-16(17)20-14/h2-6,12,14-16,19H,7-11,18H2,1H3. The largest absolute Gasteiger partial charge is 0.392 e. The first-order valence-electron chi connectivity index (χ1n) is 7.74. The van der Waals surface area contributed by atoms with Gasteiger partial charge >= 0.3 is 0 Å². The van der Waals surface area contributed by atoms with Gasteiger partial charge in [-0.15, -0.1) is 0 Å². The Kier molecular flexibility index (Phi) is 3.85. The van der Waals surface area contributed by atoms with Crippen molar-refractivity contribution in [2.45, 2.75) is 56.8 Å². The highest BCUT2D eigenvalue weighted by molar-refractivity contribution is 5.19.